The summed E-state index contributed by atoms with van der Waals surface area (Å²) in [5, 5.41) is 2.57. The summed E-state index contributed by atoms with van der Waals surface area (Å²) in [6.07, 6.45) is -4.27. The van der Waals surface area contributed by atoms with E-state index >= 15 is 0 Å². The lowest BCUT2D eigenvalue weighted by atomic mass is 10.3. The van der Waals surface area contributed by atoms with Gasteiger partial charge in [-0.3, -0.25) is 4.79 Å². The molecule has 2 rings (SSSR count). The molecule has 1 N–H and O–H groups in total. The molecule has 0 radical (unpaired) electrons. The summed E-state index contributed by atoms with van der Waals surface area (Å²) in [4.78, 5) is 12.3. The van der Waals surface area contributed by atoms with Crippen molar-refractivity contribution >= 4 is 39.3 Å². The van der Waals surface area contributed by atoms with E-state index in [1.54, 1.807) is 42.5 Å². The van der Waals surface area contributed by atoms with Crippen LogP contribution in [0.1, 0.15) is 0 Å². The largest absolute Gasteiger partial charge is 0.484 e. The average molecular weight is 420 g/mol. The van der Waals surface area contributed by atoms with Gasteiger partial charge in [0.25, 0.3) is 5.91 Å². The highest BCUT2D eigenvalue weighted by atomic mass is 79.9. The maximum absolute atomic E-state index is 12.3. The van der Waals surface area contributed by atoms with Crippen LogP contribution < -0.4 is 10.1 Å². The van der Waals surface area contributed by atoms with Crippen molar-refractivity contribution in [2.45, 2.75) is 11.1 Å². The standard InChI is InChI=1S/C16H13BrF3NO2S/c17-11-5-7-12(8-6-11)23-9-15(22)21-13-3-1-2-4-14(13)24-10-16(18,19)20/h1-8H,9-10H2,(H,21,22). The van der Waals surface area contributed by atoms with E-state index in [-0.39, 0.29) is 6.61 Å². The first-order chi connectivity index (χ1) is 11.3. The van der Waals surface area contributed by atoms with Gasteiger partial charge in [0, 0.05) is 9.37 Å². The van der Waals surface area contributed by atoms with Crippen LogP contribution in [0, 0.1) is 0 Å². The smallest absolute Gasteiger partial charge is 0.398 e. The molecule has 0 spiro atoms. The van der Waals surface area contributed by atoms with Crippen molar-refractivity contribution in [2.24, 2.45) is 0 Å². The first-order valence-corrected chi connectivity index (χ1v) is 8.58. The quantitative estimate of drug-likeness (QED) is 0.660. The van der Waals surface area contributed by atoms with Gasteiger partial charge in [-0.2, -0.15) is 13.2 Å². The summed E-state index contributed by atoms with van der Waals surface area (Å²) < 4.78 is 43.2. The fourth-order valence-corrected chi connectivity index (χ4v) is 2.75. The number of para-hydroxylation sites is 1. The number of thioether (sulfide) groups is 1. The van der Waals surface area contributed by atoms with Crippen LogP contribution in [0.4, 0.5) is 18.9 Å². The first kappa shape index (κ1) is 18.7. The predicted octanol–water partition coefficient (Wildman–Crippen LogP) is 5.12. The molecule has 3 nitrogen and oxygen atoms in total. The van der Waals surface area contributed by atoms with E-state index in [1.807, 2.05) is 0 Å². The van der Waals surface area contributed by atoms with Gasteiger partial charge in [0.2, 0.25) is 0 Å². The van der Waals surface area contributed by atoms with Crippen molar-refractivity contribution in [3.05, 3.63) is 53.0 Å². The molecule has 24 heavy (non-hydrogen) atoms. The molecule has 8 heteroatoms. The van der Waals surface area contributed by atoms with E-state index in [0.29, 0.717) is 28.1 Å². The van der Waals surface area contributed by atoms with E-state index in [2.05, 4.69) is 21.2 Å². The Morgan fingerprint density at radius 1 is 1.12 bits per heavy atom. The van der Waals surface area contributed by atoms with Gasteiger partial charge in [0.05, 0.1) is 11.4 Å². The van der Waals surface area contributed by atoms with Crippen LogP contribution in [0.25, 0.3) is 0 Å². The Bertz CT molecular complexity index is 692. The van der Waals surface area contributed by atoms with Crippen LogP contribution in [0.3, 0.4) is 0 Å². The van der Waals surface area contributed by atoms with Gasteiger partial charge in [-0.1, -0.05) is 28.1 Å². The van der Waals surface area contributed by atoms with Crippen LogP contribution in [-0.2, 0) is 4.79 Å². The molecular weight excluding hydrogens is 407 g/mol. The number of benzene rings is 2. The van der Waals surface area contributed by atoms with E-state index in [9.17, 15) is 18.0 Å². The molecule has 0 heterocycles. The molecule has 0 aliphatic heterocycles. The predicted molar refractivity (Wildman–Crippen MR) is 91.5 cm³/mol. The molecule has 1 amide bonds. The Morgan fingerprint density at radius 3 is 2.46 bits per heavy atom. The zero-order chi connectivity index (χ0) is 17.6. The number of rotatable bonds is 6. The van der Waals surface area contributed by atoms with E-state index < -0.39 is 17.8 Å². The molecule has 2 aromatic carbocycles. The molecule has 0 unspecified atom stereocenters. The Balaban J connectivity index is 1.92. The number of ether oxygens (including phenoxy) is 1. The molecule has 0 atom stereocenters. The zero-order valence-electron chi connectivity index (χ0n) is 12.3. The molecule has 0 aliphatic carbocycles. The zero-order valence-corrected chi connectivity index (χ0v) is 14.7. The molecule has 128 valence electrons. The molecule has 0 fully saturated rings. The molecular formula is C16H13BrF3NO2S. The average Bonchev–Trinajstić information content (AvgIpc) is 2.53. The Kier molecular flexibility index (Phi) is 6.56. The summed E-state index contributed by atoms with van der Waals surface area (Å²) in [5.74, 6) is -0.944. The van der Waals surface area contributed by atoms with E-state index in [0.717, 1.165) is 4.47 Å². The Labute approximate surface area is 149 Å². The molecule has 0 aromatic heterocycles. The fraction of sp³-hybridized carbons (Fsp3) is 0.188. The highest BCUT2D eigenvalue weighted by molar-refractivity contribution is 9.10. The third-order valence-electron chi connectivity index (χ3n) is 2.74. The molecule has 0 saturated heterocycles. The number of alkyl halides is 3. The summed E-state index contributed by atoms with van der Waals surface area (Å²) in [7, 11) is 0. The lowest BCUT2D eigenvalue weighted by molar-refractivity contribution is -0.118. The number of hydrogen-bond acceptors (Lipinski definition) is 3. The maximum Gasteiger partial charge on any atom is 0.398 e. The normalized spacial score (nSPS) is 11.2. The first-order valence-electron chi connectivity index (χ1n) is 6.80. The second-order valence-corrected chi connectivity index (χ2v) is 6.62. The SMILES string of the molecule is O=C(COc1ccc(Br)cc1)Nc1ccccc1SCC(F)(F)F. The number of hydrogen-bond donors (Lipinski definition) is 1. The minimum atomic E-state index is -4.27. The van der Waals surface area contributed by atoms with Gasteiger partial charge in [-0.25, -0.2) is 0 Å². The van der Waals surface area contributed by atoms with Crippen LogP contribution in [0.5, 0.6) is 5.75 Å². The summed E-state index contributed by atoms with van der Waals surface area (Å²) in [5.41, 5.74) is 0.330. The summed E-state index contributed by atoms with van der Waals surface area (Å²) in [6.45, 7) is -0.236. The summed E-state index contributed by atoms with van der Waals surface area (Å²) in [6, 6.07) is 13.3. The molecule has 2 aromatic rings. The second kappa shape index (κ2) is 8.43. The Hall–Kier alpha value is -1.67. The van der Waals surface area contributed by atoms with Gasteiger partial charge in [-0.05, 0) is 36.4 Å². The number of anilines is 1. The van der Waals surface area contributed by atoms with Crippen LogP contribution in [0.2, 0.25) is 0 Å². The van der Waals surface area contributed by atoms with Gasteiger partial charge in [0.1, 0.15) is 5.75 Å². The lowest BCUT2D eigenvalue weighted by Crippen LogP contribution is -2.20. The number of carbonyl (C=O) groups excluding carboxylic acids is 1. The van der Waals surface area contributed by atoms with Crippen molar-refractivity contribution in [3.8, 4) is 5.75 Å². The summed E-state index contributed by atoms with van der Waals surface area (Å²) >= 11 is 3.92. The van der Waals surface area contributed by atoms with E-state index in [1.165, 1.54) is 6.07 Å². The Morgan fingerprint density at radius 2 is 1.79 bits per heavy atom. The maximum atomic E-state index is 12.3. The van der Waals surface area contributed by atoms with Gasteiger partial charge in [-0.15, -0.1) is 11.8 Å². The molecule has 0 aliphatic rings. The minimum Gasteiger partial charge on any atom is -0.484 e. The number of nitrogens with one attached hydrogen (secondary N) is 1. The topological polar surface area (TPSA) is 38.3 Å². The monoisotopic (exact) mass is 419 g/mol. The van der Waals surface area contributed by atoms with Crippen LogP contribution >= 0.6 is 27.7 Å². The fourth-order valence-electron chi connectivity index (χ4n) is 1.72. The third kappa shape index (κ3) is 6.45. The highest BCUT2D eigenvalue weighted by Gasteiger charge is 2.27. The highest BCUT2D eigenvalue weighted by Crippen LogP contribution is 2.32. The lowest BCUT2D eigenvalue weighted by Gasteiger charge is -2.12. The van der Waals surface area contributed by atoms with Crippen molar-refractivity contribution in [2.75, 3.05) is 17.7 Å². The van der Waals surface area contributed by atoms with Crippen molar-refractivity contribution < 1.29 is 22.7 Å². The van der Waals surface area contributed by atoms with Crippen LogP contribution in [0.15, 0.2) is 57.9 Å². The van der Waals surface area contributed by atoms with Gasteiger partial charge in [0.15, 0.2) is 6.61 Å². The van der Waals surface area contributed by atoms with Crippen molar-refractivity contribution in [1.82, 2.24) is 0 Å². The number of carbonyl (C=O) groups is 1. The number of amides is 1. The second-order valence-electron chi connectivity index (χ2n) is 4.69. The van der Waals surface area contributed by atoms with E-state index in [4.69, 9.17) is 4.74 Å². The van der Waals surface area contributed by atoms with Crippen molar-refractivity contribution in [3.63, 3.8) is 0 Å². The number of halogens is 4. The van der Waals surface area contributed by atoms with Gasteiger partial charge >= 0.3 is 6.18 Å². The van der Waals surface area contributed by atoms with Crippen molar-refractivity contribution in [1.29, 1.82) is 0 Å². The molecule has 0 bridgehead atoms. The minimum absolute atomic E-state index is 0.236. The van der Waals surface area contributed by atoms with Gasteiger partial charge < -0.3 is 10.1 Å². The third-order valence-corrected chi connectivity index (χ3v) is 4.40. The molecule has 0 saturated carbocycles. The van der Waals surface area contributed by atoms with Crippen LogP contribution in [-0.4, -0.2) is 24.4 Å².